The van der Waals surface area contributed by atoms with Gasteiger partial charge in [0, 0.05) is 25.3 Å². The minimum atomic E-state index is -0.594. The van der Waals surface area contributed by atoms with Crippen molar-refractivity contribution in [2.75, 3.05) is 20.4 Å². The van der Waals surface area contributed by atoms with Gasteiger partial charge in [-0.2, -0.15) is 0 Å². The number of nitrogens with two attached hydrogens (primary N) is 1. The van der Waals surface area contributed by atoms with E-state index in [1.54, 1.807) is 18.2 Å². The number of hydrogen-bond acceptors (Lipinski definition) is 5. The van der Waals surface area contributed by atoms with Gasteiger partial charge in [0.15, 0.2) is 6.79 Å². The molecule has 0 amide bonds. The molecule has 0 unspecified atom stereocenters. The van der Waals surface area contributed by atoms with E-state index < -0.39 is 24.1 Å². The molecule has 0 bridgehead atoms. The Balaban J connectivity index is 2.22. The second kappa shape index (κ2) is 7.23. The summed E-state index contributed by atoms with van der Waals surface area (Å²) in [5.74, 6) is -0.0116. The van der Waals surface area contributed by atoms with E-state index in [9.17, 15) is 4.39 Å². The first kappa shape index (κ1) is 18.9. The van der Waals surface area contributed by atoms with E-state index in [0.717, 1.165) is 0 Å². The van der Waals surface area contributed by atoms with E-state index in [-0.39, 0.29) is 13.3 Å². The molecule has 2 rings (SSSR count). The van der Waals surface area contributed by atoms with Crippen molar-refractivity contribution in [2.45, 2.75) is 38.9 Å². The molecule has 5 nitrogen and oxygen atoms in total. The van der Waals surface area contributed by atoms with Crippen LogP contribution in [0.25, 0.3) is 6.08 Å². The molecule has 7 heteroatoms. The van der Waals surface area contributed by atoms with Crippen molar-refractivity contribution in [2.24, 2.45) is 5.73 Å². The van der Waals surface area contributed by atoms with Gasteiger partial charge < -0.3 is 24.5 Å². The van der Waals surface area contributed by atoms with Gasteiger partial charge in [-0.1, -0.05) is 6.08 Å². The second-order valence-electron chi connectivity index (χ2n) is 6.75. The smallest absolute Gasteiger partial charge is 0.467 e. The number of hydrogen-bond donors (Lipinski definition) is 1. The molecule has 132 valence electrons. The van der Waals surface area contributed by atoms with E-state index in [0.29, 0.717) is 16.8 Å². The zero-order valence-electron chi connectivity index (χ0n) is 14.9. The van der Waals surface area contributed by atoms with Crippen LogP contribution in [0.4, 0.5) is 4.39 Å². The number of methoxy groups -OCH3 is 1. The molecule has 1 saturated heterocycles. The standard InChI is InChI=1S/C17H25BFNO4/c1-16(2)17(3,4)24-18(23-16)13(10-20)8-12-6-7-14(9-15(12)19)22-11-21-5/h6-9H,10-11,20H2,1-5H3. The predicted octanol–water partition coefficient (Wildman–Crippen LogP) is 2.78. The van der Waals surface area contributed by atoms with E-state index in [2.05, 4.69) is 0 Å². The van der Waals surface area contributed by atoms with Crippen LogP contribution in [-0.4, -0.2) is 38.8 Å². The van der Waals surface area contributed by atoms with Gasteiger partial charge in [-0.15, -0.1) is 0 Å². The average molecular weight is 337 g/mol. The maximum absolute atomic E-state index is 14.3. The van der Waals surface area contributed by atoms with Crippen molar-refractivity contribution < 1.29 is 23.2 Å². The Bertz CT molecular complexity index is 603. The Kier molecular flexibility index (Phi) is 5.70. The third-order valence-electron chi connectivity index (χ3n) is 4.45. The van der Waals surface area contributed by atoms with Crippen LogP contribution in [0.15, 0.2) is 23.7 Å². The minimum absolute atomic E-state index is 0.0661. The molecule has 1 heterocycles. The molecule has 1 aliphatic heterocycles. The normalized spacial score (nSPS) is 19.6. The first-order valence-corrected chi connectivity index (χ1v) is 7.87. The lowest BCUT2D eigenvalue weighted by Crippen LogP contribution is -2.41. The van der Waals surface area contributed by atoms with E-state index in [1.807, 2.05) is 27.7 Å². The molecule has 1 aromatic rings. The fraction of sp³-hybridized carbons (Fsp3) is 0.529. The Labute approximate surface area is 143 Å². The zero-order valence-corrected chi connectivity index (χ0v) is 14.9. The van der Waals surface area contributed by atoms with Crippen LogP contribution in [0, 0.1) is 5.82 Å². The van der Waals surface area contributed by atoms with Gasteiger partial charge in [-0.3, -0.25) is 0 Å². The Morgan fingerprint density at radius 2 is 1.88 bits per heavy atom. The monoisotopic (exact) mass is 337 g/mol. The highest BCUT2D eigenvalue weighted by Gasteiger charge is 2.52. The van der Waals surface area contributed by atoms with Gasteiger partial charge in [0.25, 0.3) is 0 Å². The Morgan fingerprint density at radius 1 is 1.25 bits per heavy atom. The summed E-state index contributed by atoms with van der Waals surface area (Å²) in [5, 5.41) is 0. The van der Waals surface area contributed by atoms with Crippen LogP contribution in [0.5, 0.6) is 5.75 Å². The summed E-state index contributed by atoms with van der Waals surface area (Å²) in [6.07, 6.45) is 1.66. The molecule has 0 radical (unpaired) electrons. The van der Waals surface area contributed by atoms with Crippen LogP contribution >= 0.6 is 0 Å². The van der Waals surface area contributed by atoms with Crippen LogP contribution in [0.2, 0.25) is 0 Å². The zero-order chi connectivity index (χ0) is 18.0. The lowest BCUT2D eigenvalue weighted by Gasteiger charge is -2.32. The predicted molar refractivity (Wildman–Crippen MR) is 92.0 cm³/mol. The number of rotatable bonds is 6. The fourth-order valence-corrected chi connectivity index (χ4v) is 2.26. The summed E-state index contributed by atoms with van der Waals surface area (Å²) in [4.78, 5) is 0. The van der Waals surface area contributed by atoms with Gasteiger partial charge in [0.05, 0.1) is 11.2 Å². The molecule has 0 atom stereocenters. The highest BCUT2D eigenvalue weighted by Crippen LogP contribution is 2.38. The summed E-state index contributed by atoms with van der Waals surface area (Å²) in [5.41, 5.74) is 5.97. The molecule has 0 aromatic heterocycles. The SMILES string of the molecule is COCOc1ccc(C=C(CN)B2OC(C)(C)C(C)(C)O2)c(F)c1. The second-order valence-corrected chi connectivity index (χ2v) is 6.75. The molecule has 0 aliphatic carbocycles. The van der Waals surface area contributed by atoms with Gasteiger partial charge in [0.1, 0.15) is 11.6 Å². The van der Waals surface area contributed by atoms with Crippen molar-refractivity contribution in [1.82, 2.24) is 0 Å². The maximum Gasteiger partial charge on any atom is 0.491 e. The topological polar surface area (TPSA) is 62.9 Å². The van der Waals surface area contributed by atoms with Crippen molar-refractivity contribution in [3.8, 4) is 5.75 Å². The van der Waals surface area contributed by atoms with E-state index in [4.69, 9.17) is 24.5 Å². The fourth-order valence-electron chi connectivity index (χ4n) is 2.26. The third-order valence-corrected chi connectivity index (χ3v) is 4.45. The molecule has 2 N–H and O–H groups in total. The summed E-state index contributed by atoms with van der Waals surface area (Å²) >= 11 is 0. The molecule has 1 fully saturated rings. The molecule has 1 aromatic carbocycles. The lowest BCUT2D eigenvalue weighted by molar-refractivity contribution is 0.00578. The van der Waals surface area contributed by atoms with Crippen molar-refractivity contribution in [3.05, 3.63) is 35.1 Å². The molecular formula is C17H25BFNO4. The molecule has 0 saturated carbocycles. The summed E-state index contributed by atoms with van der Waals surface area (Å²) < 4.78 is 36.2. The number of benzene rings is 1. The van der Waals surface area contributed by atoms with Crippen LogP contribution in [0.1, 0.15) is 33.3 Å². The minimum Gasteiger partial charge on any atom is -0.467 e. The Morgan fingerprint density at radius 3 is 2.38 bits per heavy atom. The quantitative estimate of drug-likeness (QED) is 0.639. The van der Waals surface area contributed by atoms with E-state index in [1.165, 1.54) is 13.2 Å². The third kappa shape index (κ3) is 3.98. The summed E-state index contributed by atoms with van der Waals surface area (Å²) in [6, 6.07) is 4.61. The number of ether oxygens (including phenoxy) is 2. The van der Waals surface area contributed by atoms with Gasteiger partial charge in [0.2, 0.25) is 0 Å². The summed E-state index contributed by atoms with van der Waals surface area (Å²) in [7, 11) is 0.912. The number of halogens is 1. The average Bonchev–Trinajstić information content (AvgIpc) is 2.72. The lowest BCUT2D eigenvalue weighted by atomic mass is 9.77. The van der Waals surface area contributed by atoms with Crippen molar-refractivity contribution in [3.63, 3.8) is 0 Å². The molecule has 1 aliphatic rings. The molecular weight excluding hydrogens is 312 g/mol. The largest absolute Gasteiger partial charge is 0.491 e. The van der Waals surface area contributed by atoms with Crippen LogP contribution in [0.3, 0.4) is 0 Å². The van der Waals surface area contributed by atoms with E-state index >= 15 is 0 Å². The maximum atomic E-state index is 14.3. The van der Waals surface area contributed by atoms with Gasteiger partial charge in [-0.25, -0.2) is 4.39 Å². The highest BCUT2D eigenvalue weighted by molar-refractivity contribution is 6.55. The van der Waals surface area contributed by atoms with Crippen molar-refractivity contribution in [1.29, 1.82) is 0 Å². The van der Waals surface area contributed by atoms with Gasteiger partial charge in [-0.05, 0) is 45.3 Å². The van der Waals surface area contributed by atoms with Crippen LogP contribution < -0.4 is 10.5 Å². The first-order chi connectivity index (χ1) is 11.2. The Hall–Kier alpha value is -1.41. The molecule has 24 heavy (non-hydrogen) atoms. The first-order valence-electron chi connectivity index (χ1n) is 7.87. The van der Waals surface area contributed by atoms with Crippen molar-refractivity contribution >= 4 is 13.2 Å². The highest BCUT2D eigenvalue weighted by atomic mass is 19.1. The molecule has 0 spiro atoms. The van der Waals surface area contributed by atoms with Gasteiger partial charge >= 0.3 is 7.12 Å². The van der Waals surface area contributed by atoms with Crippen LogP contribution in [-0.2, 0) is 14.0 Å². The summed E-state index contributed by atoms with van der Waals surface area (Å²) in [6.45, 7) is 8.12.